The zero-order valence-electron chi connectivity index (χ0n) is 15.0. The van der Waals surface area contributed by atoms with Crippen molar-refractivity contribution in [3.05, 3.63) is 68.5 Å². The Kier molecular flexibility index (Phi) is 4.22. The predicted octanol–water partition coefficient (Wildman–Crippen LogP) is 4.27. The molecule has 0 spiro atoms. The fourth-order valence-electron chi connectivity index (χ4n) is 3.78. The van der Waals surface area contributed by atoms with Crippen LogP contribution >= 0.6 is 22.7 Å². The highest BCUT2D eigenvalue weighted by Crippen LogP contribution is 2.42. The highest BCUT2D eigenvalue weighted by Gasteiger charge is 2.32. The van der Waals surface area contributed by atoms with E-state index in [-0.39, 0.29) is 11.9 Å². The molecule has 0 saturated carbocycles. The lowest BCUT2D eigenvalue weighted by Crippen LogP contribution is -2.34. The number of hydrogen-bond acceptors (Lipinski definition) is 6. The molecule has 1 aliphatic heterocycles. The zero-order chi connectivity index (χ0) is 18.4. The van der Waals surface area contributed by atoms with Crippen LogP contribution in [0.5, 0.6) is 5.88 Å². The standard InChI is InChI=1S/C20H20N4OS2/c1-2-16-21-20-24(22-16)19(25)18(27-20)17(15-8-5-11-26-15)23-10-9-13-6-3-4-7-14(13)12-23/h3-8,11,17,25H,2,9-10,12H2,1H3. The minimum absolute atomic E-state index is 0.0249. The smallest absolute Gasteiger partial charge is 0.230 e. The van der Waals surface area contributed by atoms with Crippen LogP contribution in [-0.4, -0.2) is 31.1 Å². The van der Waals surface area contributed by atoms with Crippen LogP contribution in [0.3, 0.4) is 0 Å². The monoisotopic (exact) mass is 396 g/mol. The SMILES string of the molecule is CCc1nc2sc(C(c3cccs3)N3CCc4ccccc4C3)c(O)n2n1. The minimum Gasteiger partial charge on any atom is -0.492 e. The maximum Gasteiger partial charge on any atom is 0.230 e. The van der Waals surface area contributed by atoms with Crippen molar-refractivity contribution >= 4 is 27.6 Å². The molecule has 5 rings (SSSR count). The van der Waals surface area contributed by atoms with Gasteiger partial charge in [0.2, 0.25) is 10.8 Å². The van der Waals surface area contributed by atoms with Crippen LogP contribution in [0.25, 0.3) is 4.96 Å². The summed E-state index contributed by atoms with van der Waals surface area (Å²) in [5, 5.41) is 17.5. The molecule has 5 nitrogen and oxygen atoms in total. The van der Waals surface area contributed by atoms with E-state index < -0.39 is 0 Å². The first-order valence-electron chi connectivity index (χ1n) is 9.16. The Hall–Kier alpha value is -2.22. The lowest BCUT2D eigenvalue weighted by atomic mass is 9.98. The number of thiophene rings is 1. The fourth-order valence-corrected chi connectivity index (χ4v) is 5.85. The summed E-state index contributed by atoms with van der Waals surface area (Å²) in [4.78, 5) is 9.94. The number of hydrogen-bond donors (Lipinski definition) is 1. The van der Waals surface area contributed by atoms with Gasteiger partial charge in [0.05, 0.1) is 10.9 Å². The highest BCUT2D eigenvalue weighted by atomic mass is 32.1. The Morgan fingerprint density at radius 2 is 2.04 bits per heavy atom. The van der Waals surface area contributed by atoms with E-state index >= 15 is 0 Å². The number of fused-ring (bicyclic) bond motifs is 2. The van der Waals surface area contributed by atoms with Gasteiger partial charge in [0.15, 0.2) is 5.82 Å². The van der Waals surface area contributed by atoms with Crippen LogP contribution in [0.4, 0.5) is 0 Å². The van der Waals surface area contributed by atoms with E-state index in [9.17, 15) is 5.11 Å². The molecule has 0 fully saturated rings. The third-order valence-electron chi connectivity index (χ3n) is 5.15. The Balaban J connectivity index is 1.59. The quantitative estimate of drug-likeness (QED) is 0.560. The van der Waals surface area contributed by atoms with E-state index in [4.69, 9.17) is 0 Å². The Morgan fingerprint density at radius 1 is 1.19 bits per heavy atom. The Labute approximate surface area is 165 Å². The molecule has 1 atom stereocenters. The van der Waals surface area contributed by atoms with Gasteiger partial charge in [0, 0.05) is 24.4 Å². The van der Waals surface area contributed by atoms with E-state index in [0.29, 0.717) is 0 Å². The predicted molar refractivity (Wildman–Crippen MR) is 109 cm³/mol. The molecular weight excluding hydrogens is 376 g/mol. The van der Waals surface area contributed by atoms with Crippen LogP contribution in [-0.2, 0) is 19.4 Å². The third-order valence-corrected chi connectivity index (χ3v) is 7.14. The summed E-state index contributed by atoms with van der Waals surface area (Å²) < 4.78 is 1.59. The zero-order valence-corrected chi connectivity index (χ0v) is 16.6. The first kappa shape index (κ1) is 16.9. The van der Waals surface area contributed by atoms with E-state index in [2.05, 4.69) is 56.8 Å². The first-order valence-corrected chi connectivity index (χ1v) is 10.9. The summed E-state index contributed by atoms with van der Waals surface area (Å²) in [5.41, 5.74) is 2.80. The van der Waals surface area contributed by atoms with Gasteiger partial charge < -0.3 is 5.11 Å². The summed E-state index contributed by atoms with van der Waals surface area (Å²) in [6, 6.07) is 12.9. The van der Waals surface area contributed by atoms with Gasteiger partial charge in [-0.25, -0.2) is 4.98 Å². The van der Waals surface area contributed by atoms with Gasteiger partial charge >= 0.3 is 0 Å². The van der Waals surface area contributed by atoms with E-state index in [1.807, 2.05) is 6.92 Å². The normalized spacial score (nSPS) is 15.9. The number of aryl methyl sites for hydroxylation is 1. The van der Waals surface area contributed by atoms with E-state index in [0.717, 1.165) is 41.6 Å². The molecule has 4 aromatic rings. The molecule has 1 aliphatic rings. The molecule has 0 saturated heterocycles. The van der Waals surface area contributed by atoms with Crippen molar-refractivity contribution in [3.63, 3.8) is 0 Å². The molecule has 3 aromatic heterocycles. The Morgan fingerprint density at radius 3 is 2.78 bits per heavy atom. The lowest BCUT2D eigenvalue weighted by Gasteiger charge is -2.34. The van der Waals surface area contributed by atoms with Gasteiger partial charge in [0.25, 0.3) is 0 Å². The number of benzene rings is 1. The van der Waals surface area contributed by atoms with Crippen LogP contribution in [0, 0.1) is 0 Å². The van der Waals surface area contributed by atoms with Gasteiger partial charge in [-0.3, -0.25) is 4.90 Å². The molecule has 0 aliphatic carbocycles. The lowest BCUT2D eigenvalue weighted by molar-refractivity contribution is 0.208. The molecule has 0 radical (unpaired) electrons. The van der Waals surface area contributed by atoms with E-state index in [1.54, 1.807) is 27.2 Å². The van der Waals surface area contributed by atoms with Crippen molar-refractivity contribution in [3.8, 4) is 5.88 Å². The average Bonchev–Trinajstić information content (AvgIpc) is 3.42. The number of aromatic nitrogens is 3. The van der Waals surface area contributed by atoms with Crippen molar-refractivity contribution in [1.82, 2.24) is 19.5 Å². The molecule has 1 N–H and O–H groups in total. The molecular formula is C20H20N4OS2. The molecule has 27 heavy (non-hydrogen) atoms. The maximum absolute atomic E-state index is 10.9. The summed E-state index contributed by atoms with van der Waals surface area (Å²) in [5.74, 6) is 0.988. The molecule has 7 heteroatoms. The van der Waals surface area contributed by atoms with Crippen LogP contribution < -0.4 is 0 Å². The minimum atomic E-state index is 0.0249. The fraction of sp³-hybridized carbons (Fsp3) is 0.300. The van der Waals surface area contributed by atoms with Gasteiger partial charge in [-0.05, 0) is 29.0 Å². The number of rotatable bonds is 4. The van der Waals surface area contributed by atoms with Gasteiger partial charge in [-0.1, -0.05) is 48.6 Å². The summed E-state index contributed by atoms with van der Waals surface area (Å²) in [6.07, 6.45) is 1.79. The Bertz CT molecular complexity index is 1080. The van der Waals surface area contributed by atoms with Gasteiger partial charge in [-0.15, -0.1) is 16.4 Å². The van der Waals surface area contributed by atoms with Crippen LogP contribution in [0.15, 0.2) is 41.8 Å². The molecule has 4 heterocycles. The summed E-state index contributed by atoms with van der Waals surface area (Å²) in [6.45, 7) is 3.87. The third kappa shape index (κ3) is 2.86. The van der Waals surface area contributed by atoms with E-state index in [1.165, 1.54) is 16.0 Å². The second-order valence-electron chi connectivity index (χ2n) is 6.77. The van der Waals surface area contributed by atoms with Crippen molar-refractivity contribution in [2.75, 3.05) is 6.54 Å². The molecule has 1 aromatic carbocycles. The second-order valence-corrected chi connectivity index (χ2v) is 8.76. The maximum atomic E-state index is 10.9. The van der Waals surface area contributed by atoms with Crippen molar-refractivity contribution in [1.29, 1.82) is 0 Å². The molecule has 1 unspecified atom stereocenters. The molecule has 0 bridgehead atoms. The average molecular weight is 397 g/mol. The molecule has 0 amide bonds. The molecule has 138 valence electrons. The van der Waals surface area contributed by atoms with Crippen molar-refractivity contribution in [2.45, 2.75) is 32.4 Å². The van der Waals surface area contributed by atoms with Crippen LogP contribution in [0.2, 0.25) is 0 Å². The second kappa shape index (κ2) is 6.74. The van der Waals surface area contributed by atoms with Gasteiger partial charge in [0.1, 0.15) is 0 Å². The largest absolute Gasteiger partial charge is 0.492 e. The number of aromatic hydroxyl groups is 1. The summed E-state index contributed by atoms with van der Waals surface area (Å²) >= 11 is 3.28. The first-order chi connectivity index (χ1) is 13.2. The highest BCUT2D eigenvalue weighted by molar-refractivity contribution is 7.17. The van der Waals surface area contributed by atoms with Crippen molar-refractivity contribution in [2.24, 2.45) is 0 Å². The number of nitrogens with zero attached hydrogens (tertiary/aromatic N) is 4. The van der Waals surface area contributed by atoms with Crippen LogP contribution in [0.1, 0.15) is 39.7 Å². The summed E-state index contributed by atoms with van der Waals surface area (Å²) in [7, 11) is 0. The van der Waals surface area contributed by atoms with Crippen molar-refractivity contribution < 1.29 is 5.11 Å². The number of thiazole rings is 1. The topological polar surface area (TPSA) is 53.7 Å². The van der Waals surface area contributed by atoms with Gasteiger partial charge in [-0.2, -0.15) is 4.52 Å².